The Balaban J connectivity index is 2.27. The topological polar surface area (TPSA) is 67.8 Å². The number of amides is 1. The maximum absolute atomic E-state index is 12.2. The van der Waals surface area contributed by atoms with E-state index in [0.717, 1.165) is 0 Å². The van der Waals surface area contributed by atoms with Crippen molar-refractivity contribution < 1.29 is 4.79 Å². The van der Waals surface area contributed by atoms with Crippen molar-refractivity contribution in [2.45, 2.75) is 20.3 Å². The predicted molar refractivity (Wildman–Crippen MR) is 73.3 cm³/mol. The third kappa shape index (κ3) is 3.26. The van der Waals surface area contributed by atoms with Crippen molar-refractivity contribution in [1.82, 2.24) is 15.2 Å². The summed E-state index contributed by atoms with van der Waals surface area (Å²) in [5, 5.41) is 11.0. The standard InChI is InChI=1S/C13H13ClN4O/c1-3-10-9(7-8(2)17-18-10)13(19)16-12-6-4-5-11(14)15-12/h4-7H,3H2,1-2H3,(H,15,16,19). The van der Waals surface area contributed by atoms with Gasteiger partial charge in [0, 0.05) is 0 Å². The molecule has 2 aromatic heterocycles. The van der Waals surface area contributed by atoms with Crippen molar-refractivity contribution in [3.05, 3.63) is 46.4 Å². The lowest BCUT2D eigenvalue weighted by Gasteiger charge is -2.08. The number of aryl methyl sites for hydroxylation is 2. The van der Waals surface area contributed by atoms with Gasteiger partial charge in [-0.3, -0.25) is 4.79 Å². The van der Waals surface area contributed by atoms with Crippen molar-refractivity contribution in [2.24, 2.45) is 0 Å². The smallest absolute Gasteiger partial charge is 0.258 e. The molecule has 0 aliphatic rings. The van der Waals surface area contributed by atoms with Crippen molar-refractivity contribution in [1.29, 1.82) is 0 Å². The van der Waals surface area contributed by atoms with Crippen LogP contribution in [0.2, 0.25) is 5.15 Å². The van der Waals surface area contributed by atoms with Crippen LogP contribution in [0.5, 0.6) is 0 Å². The third-order valence-electron chi connectivity index (χ3n) is 2.53. The van der Waals surface area contributed by atoms with E-state index < -0.39 is 0 Å². The normalized spacial score (nSPS) is 10.3. The molecule has 0 atom stereocenters. The molecule has 0 bridgehead atoms. The Bertz CT molecular complexity index is 615. The fourth-order valence-corrected chi connectivity index (χ4v) is 1.80. The van der Waals surface area contributed by atoms with Crippen LogP contribution in [0, 0.1) is 6.92 Å². The van der Waals surface area contributed by atoms with Gasteiger partial charge in [-0.2, -0.15) is 10.2 Å². The van der Waals surface area contributed by atoms with Crippen LogP contribution in [0.3, 0.4) is 0 Å². The second-order valence-corrected chi connectivity index (χ2v) is 4.39. The molecule has 0 aromatic carbocycles. The van der Waals surface area contributed by atoms with Crippen molar-refractivity contribution in [3.8, 4) is 0 Å². The Morgan fingerprint density at radius 2 is 2.16 bits per heavy atom. The molecule has 6 heteroatoms. The van der Waals surface area contributed by atoms with E-state index in [9.17, 15) is 4.79 Å². The molecule has 0 saturated carbocycles. The average Bonchev–Trinajstić information content (AvgIpc) is 2.38. The molecule has 0 spiro atoms. The number of aromatic nitrogens is 3. The SMILES string of the molecule is CCc1nnc(C)cc1C(=O)Nc1cccc(Cl)n1. The van der Waals surface area contributed by atoms with Crippen molar-refractivity contribution in [3.63, 3.8) is 0 Å². The molecule has 0 saturated heterocycles. The minimum Gasteiger partial charge on any atom is -0.306 e. The first-order chi connectivity index (χ1) is 9.10. The Kier molecular flexibility index (Phi) is 4.06. The first-order valence-corrected chi connectivity index (χ1v) is 6.25. The first-order valence-electron chi connectivity index (χ1n) is 5.87. The molecule has 98 valence electrons. The highest BCUT2D eigenvalue weighted by atomic mass is 35.5. The van der Waals surface area contributed by atoms with E-state index in [1.165, 1.54) is 0 Å². The molecule has 0 aliphatic heterocycles. The Hall–Kier alpha value is -2.01. The van der Waals surface area contributed by atoms with Crippen LogP contribution in [0.25, 0.3) is 0 Å². The molecule has 2 aromatic rings. The number of pyridine rings is 1. The first kappa shape index (κ1) is 13.4. The van der Waals surface area contributed by atoms with Gasteiger partial charge in [-0.1, -0.05) is 24.6 Å². The fraction of sp³-hybridized carbons (Fsp3) is 0.231. The van der Waals surface area contributed by atoms with Crippen LogP contribution < -0.4 is 5.32 Å². The van der Waals surface area contributed by atoms with E-state index in [2.05, 4.69) is 20.5 Å². The largest absolute Gasteiger partial charge is 0.306 e. The van der Waals surface area contributed by atoms with Crippen LogP contribution in [0.1, 0.15) is 28.7 Å². The van der Waals surface area contributed by atoms with Gasteiger partial charge in [0.25, 0.3) is 5.91 Å². The molecule has 0 aliphatic carbocycles. The van der Waals surface area contributed by atoms with Crippen LogP contribution in [-0.4, -0.2) is 21.1 Å². The summed E-state index contributed by atoms with van der Waals surface area (Å²) in [6, 6.07) is 6.76. The van der Waals surface area contributed by atoms with Crippen LogP contribution in [-0.2, 0) is 6.42 Å². The highest BCUT2D eigenvalue weighted by molar-refractivity contribution is 6.29. The van der Waals surface area contributed by atoms with Gasteiger partial charge in [0.15, 0.2) is 0 Å². The molecule has 19 heavy (non-hydrogen) atoms. The summed E-state index contributed by atoms with van der Waals surface area (Å²) in [7, 11) is 0. The number of carbonyl (C=O) groups is 1. The molecule has 0 fully saturated rings. The zero-order chi connectivity index (χ0) is 13.8. The molecular formula is C13H13ClN4O. The van der Waals surface area contributed by atoms with Gasteiger partial charge in [-0.25, -0.2) is 4.98 Å². The van der Waals surface area contributed by atoms with Crippen LogP contribution >= 0.6 is 11.6 Å². The zero-order valence-corrected chi connectivity index (χ0v) is 11.4. The van der Waals surface area contributed by atoms with Gasteiger partial charge in [0.1, 0.15) is 11.0 Å². The van der Waals surface area contributed by atoms with Gasteiger partial charge < -0.3 is 5.32 Å². The van der Waals surface area contributed by atoms with Crippen LogP contribution in [0.4, 0.5) is 5.82 Å². The molecule has 1 amide bonds. The lowest BCUT2D eigenvalue weighted by Crippen LogP contribution is -2.16. The number of nitrogens with zero attached hydrogens (tertiary/aromatic N) is 3. The molecule has 2 rings (SSSR count). The summed E-state index contributed by atoms with van der Waals surface area (Å²) in [5.74, 6) is 0.152. The second kappa shape index (κ2) is 5.75. The maximum Gasteiger partial charge on any atom is 0.258 e. The fourth-order valence-electron chi connectivity index (χ4n) is 1.63. The summed E-state index contributed by atoms with van der Waals surface area (Å²) in [6.45, 7) is 3.72. The van der Waals surface area contributed by atoms with Gasteiger partial charge >= 0.3 is 0 Å². The highest BCUT2D eigenvalue weighted by Gasteiger charge is 2.13. The van der Waals surface area contributed by atoms with Gasteiger partial charge in [-0.05, 0) is 31.5 Å². The summed E-state index contributed by atoms with van der Waals surface area (Å²) in [6.07, 6.45) is 0.638. The quantitative estimate of drug-likeness (QED) is 0.875. The Morgan fingerprint density at radius 1 is 1.37 bits per heavy atom. The van der Waals surface area contributed by atoms with Crippen molar-refractivity contribution >= 4 is 23.3 Å². The number of hydrogen-bond donors (Lipinski definition) is 1. The van der Waals surface area contributed by atoms with E-state index >= 15 is 0 Å². The van der Waals surface area contributed by atoms with E-state index in [-0.39, 0.29) is 5.91 Å². The predicted octanol–water partition coefficient (Wildman–Crippen LogP) is 2.65. The molecule has 1 N–H and O–H groups in total. The number of rotatable bonds is 3. The molecular weight excluding hydrogens is 264 g/mol. The van der Waals surface area contributed by atoms with Gasteiger partial charge in [0.2, 0.25) is 0 Å². The van der Waals surface area contributed by atoms with E-state index in [1.807, 2.05) is 6.92 Å². The highest BCUT2D eigenvalue weighted by Crippen LogP contribution is 2.13. The molecule has 2 heterocycles. The van der Waals surface area contributed by atoms with E-state index in [0.29, 0.717) is 34.3 Å². The number of nitrogens with one attached hydrogen (secondary N) is 1. The molecule has 0 unspecified atom stereocenters. The minimum absolute atomic E-state index is 0.260. The van der Waals surface area contributed by atoms with Crippen LogP contribution in [0.15, 0.2) is 24.3 Å². The number of carbonyl (C=O) groups excluding carboxylic acids is 1. The average molecular weight is 277 g/mol. The third-order valence-corrected chi connectivity index (χ3v) is 2.74. The Morgan fingerprint density at radius 3 is 2.84 bits per heavy atom. The summed E-state index contributed by atoms with van der Waals surface area (Å²) in [4.78, 5) is 16.2. The molecule has 5 nitrogen and oxygen atoms in total. The number of halogens is 1. The monoisotopic (exact) mass is 276 g/mol. The summed E-state index contributed by atoms with van der Waals surface area (Å²) in [5.41, 5.74) is 1.86. The lowest BCUT2D eigenvalue weighted by atomic mass is 10.1. The Labute approximate surface area is 116 Å². The zero-order valence-electron chi connectivity index (χ0n) is 10.6. The number of hydrogen-bond acceptors (Lipinski definition) is 4. The lowest BCUT2D eigenvalue weighted by molar-refractivity contribution is 0.102. The van der Waals surface area contributed by atoms with Gasteiger partial charge in [-0.15, -0.1) is 0 Å². The van der Waals surface area contributed by atoms with Gasteiger partial charge in [0.05, 0.1) is 17.0 Å². The van der Waals surface area contributed by atoms with E-state index in [1.54, 1.807) is 31.2 Å². The van der Waals surface area contributed by atoms with Crippen molar-refractivity contribution in [2.75, 3.05) is 5.32 Å². The summed E-state index contributed by atoms with van der Waals surface area (Å²) >= 11 is 5.77. The second-order valence-electron chi connectivity index (χ2n) is 4.00. The molecule has 0 radical (unpaired) electrons. The maximum atomic E-state index is 12.2. The number of anilines is 1. The van der Waals surface area contributed by atoms with E-state index in [4.69, 9.17) is 11.6 Å². The summed E-state index contributed by atoms with van der Waals surface area (Å²) < 4.78 is 0. The minimum atomic E-state index is -0.260.